The second-order valence-electron chi connectivity index (χ2n) is 6.80. The number of aryl methyl sites for hydroxylation is 3. The van der Waals surface area contributed by atoms with Gasteiger partial charge in [-0.1, -0.05) is 0 Å². The first-order chi connectivity index (χ1) is 11.7. The number of amides is 1. The zero-order valence-corrected chi connectivity index (χ0v) is 15.8. The quantitative estimate of drug-likeness (QED) is 0.789. The van der Waals surface area contributed by atoms with Crippen LogP contribution in [0.1, 0.15) is 49.9 Å². The molecular weight excluding hydrogens is 318 g/mol. The Morgan fingerprint density at radius 1 is 1.08 bits per heavy atom. The van der Waals surface area contributed by atoms with Crippen LogP contribution in [0.25, 0.3) is 11.0 Å². The van der Waals surface area contributed by atoms with E-state index in [0.717, 1.165) is 33.8 Å². The number of hydrogen-bond acceptors (Lipinski definition) is 4. The summed E-state index contributed by atoms with van der Waals surface area (Å²) in [6.07, 6.45) is 1.86. The molecule has 0 unspecified atom stereocenters. The lowest BCUT2D eigenvalue weighted by Crippen LogP contribution is -2.24. The third kappa shape index (κ3) is 2.81. The molecule has 3 aromatic heterocycles. The van der Waals surface area contributed by atoms with Crippen molar-refractivity contribution in [3.63, 3.8) is 0 Å². The van der Waals surface area contributed by atoms with E-state index in [9.17, 15) is 4.79 Å². The molecular formula is C17H25N7O. The number of carbonyl (C=O) groups excluding carboxylic acids is 1. The number of rotatable bonds is 4. The van der Waals surface area contributed by atoms with Gasteiger partial charge in [-0.2, -0.15) is 15.3 Å². The zero-order valence-electron chi connectivity index (χ0n) is 15.8. The topological polar surface area (TPSA) is 82.6 Å². The Kier molecular flexibility index (Phi) is 4.14. The Labute approximate surface area is 146 Å². The number of hydrogen-bond donors (Lipinski definition) is 1. The molecule has 8 heteroatoms. The Morgan fingerprint density at radius 2 is 1.76 bits per heavy atom. The zero-order chi connectivity index (χ0) is 18.5. The molecule has 3 heterocycles. The lowest BCUT2D eigenvalue weighted by atomic mass is 10.2. The highest BCUT2D eigenvalue weighted by molar-refractivity contribution is 5.94. The molecule has 0 bridgehead atoms. The highest BCUT2D eigenvalue weighted by Gasteiger charge is 2.22. The average molecular weight is 343 g/mol. The average Bonchev–Trinajstić information content (AvgIpc) is 3.17. The standard InChI is InChI=1S/C17H25N7O/c1-9(2)24-12(5)15(10(3)20-24)18-17(25)13(6)23-8-14-16(21-23)11(4)19-22(14)7/h8-9,13H,1-7H3,(H,18,25)/t13-/m0/s1. The summed E-state index contributed by atoms with van der Waals surface area (Å²) < 4.78 is 5.39. The van der Waals surface area contributed by atoms with E-state index in [4.69, 9.17) is 0 Å². The first-order valence-electron chi connectivity index (χ1n) is 8.45. The number of nitrogens with zero attached hydrogens (tertiary/aromatic N) is 6. The molecule has 8 nitrogen and oxygen atoms in total. The van der Waals surface area contributed by atoms with Crippen LogP contribution in [-0.4, -0.2) is 35.2 Å². The monoisotopic (exact) mass is 343 g/mol. The second-order valence-corrected chi connectivity index (χ2v) is 6.80. The largest absolute Gasteiger partial charge is 0.321 e. The maximum atomic E-state index is 12.7. The predicted molar refractivity (Wildman–Crippen MR) is 96.7 cm³/mol. The van der Waals surface area contributed by atoms with Crippen molar-refractivity contribution in [3.05, 3.63) is 23.3 Å². The molecule has 3 rings (SSSR count). The van der Waals surface area contributed by atoms with Gasteiger partial charge >= 0.3 is 0 Å². The minimum atomic E-state index is -0.437. The van der Waals surface area contributed by atoms with E-state index < -0.39 is 6.04 Å². The van der Waals surface area contributed by atoms with Crippen LogP contribution in [-0.2, 0) is 11.8 Å². The minimum Gasteiger partial charge on any atom is -0.321 e. The van der Waals surface area contributed by atoms with E-state index in [1.54, 1.807) is 9.36 Å². The Morgan fingerprint density at radius 3 is 2.32 bits per heavy atom. The lowest BCUT2D eigenvalue weighted by molar-refractivity contribution is -0.119. The van der Waals surface area contributed by atoms with Crippen LogP contribution in [0.5, 0.6) is 0 Å². The number of fused-ring (bicyclic) bond motifs is 1. The van der Waals surface area contributed by atoms with E-state index in [2.05, 4.69) is 34.5 Å². The summed E-state index contributed by atoms with van der Waals surface area (Å²) in [7, 11) is 1.87. The molecule has 0 saturated carbocycles. The van der Waals surface area contributed by atoms with Crippen LogP contribution in [0.15, 0.2) is 6.20 Å². The van der Waals surface area contributed by atoms with Crippen LogP contribution in [0.4, 0.5) is 5.69 Å². The number of nitrogens with one attached hydrogen (secondary N) is 1. The predicted octanol–water partition coefficient (Wildman–Crippen LogP) is 2.67. The summed E-state index contributed by atoms with van der Waals surface area (Å²) >= 11 is 0. The molecule has 0 saturated heterocycles. The fraction of sp³-hybridized carbons (Fsp3) is 0.529. The van der Waals surface area contributed by atoms with E-state index in [0.29, 0.717) is 0 Å². The van der Waals surface area contributed by atoms with E-state index in [1.807, 2.05) is 45.6 Å². The Hall–Kier alpha value is -2.64. The summed E-state index contributed by atoms with van der Waals surface area (Å²) in [4.78, 5) is 12.7. The molecule has 0 aromatic carbocycles. The highest BCUT2D eigenvalue weighted by atomic mass is 16.2. The highest BCUT2D eigenvalue weighted by Crippen LogP contribution is 2.24. The van der Waals surface area contributed by atoms with Crippen LogP contribution in [0, 0.1) is 20.8 Å². The third-order valence-corrected chi connectivity index (χ3v) is 4.54. The van der Waals surface area contributed by atoms with Crippen molar-refractivity contribution in [1.29, 1.82) is 0 Å². The van der Waals surface area contributed by atoms with Gasteiger partial charge in [-0.05, 0) is 41.5 Å². The molecule has 134 valence electrons. The molecule has 0 fully saturated rings. The number of aromatic nitrogens is 6. The number of anilines is 1. The van der Waals surface area contributed by atoms with Gasteiger partial charge in [0.2, 0.25) is 5.91 Å². The summed E-state index contributed by atoms with van der Waals surface area (Å²) in [5, 5.41) is 16.4. The molecule has 1 amide bonds. The first-order valence-corrected chi connectivity index (χ1v) is 8.45. The van der Waals surface area contributed by atoms with Gasteiger partial charge in [0.1, 0.15) is 17.1 Å². The number of carbonyl (C=O) groups is 1. The van der Waals surface area contributed by atoms with Gasteiger partial charge in [-0.25, -0.2) is 0 Å². The molecule has 0 radical (unpaired) electrons. The van der Waals surface area contributed by atoms with Crippen molar-refractivity contribution in [1.82, 2.24) is 29.3 Å². The Bertz CT molecular complexity index is 910. The molecule has 0 aliphatic rings. The van der Waals surface area contributed by atoms with Crippen molar-refractivity contribution in [2.45, 2.75) is 53.6 Å². The van der Waals surface area contributed by atoms with E-state index >= 15 is 0 Å². The lowest BCUT2D eigenvalue weighted by Gasteiger charge is -2.13. The summed E-state index contributed by atoms with van der Waals surface area (Å²) in [6.45, 7) is 11.8. The molecule has 0 aliphatic carbocycles. The van der Waals surface area contributed by atoms with Crippen LogP contribution in [0.3, 0.4) is 0 Å². The van der Waals surface area contributed by atoms with Gasteiger partial charge in [0, 0.05) is 13.1 Å². The van der Waals surface area contributed by atoms with E-state index in [-0.39, 0.29) is 11.9 Å². The SMILES string of the molecule is Cc1nn(C(C)C)c(C)c1NC(=O)[C@H](C)n1cc2c(n1)c(C)nn2C. The molecule has 1 N–H and O–H groups in total. The molecule has 25 heavy (non-hydrogen) atoms. The second kappa shape index (κ2) is 6.02. The third-order valence-electron chi connectivity index (χ3n) is 4.54. The van der Waals surface area contributed by atoms with Gasteiger partial charge in [0.25, 0.3) is 0 Å². The normalized spacial score (nSPS) is 13.0. The molecule has 0 aliphatic heterocycles. The Balaban J connectivity index is 1.86. The van der Waals surface area contributed by atoms with Gasteiger partial charge < -0.3 is 5.32 Å². The molecule has 1 atom stereocenters. The van der Waals surface area contributed by atoms with Gasteiger partial charge in [0.15, 0.2) is 0 Å². The smallest absolute Gasteiger partial charge is 0.249 e. The summed E-state index contributed by atoms with van der Waals surface area (Å²) in [5.41, 5.74) is 5.14. The van der Waals surface area contributed by atoms with Gasteiger partial charge in [-0.3, -0.25) is 18.8 Å². The van der Waals surface area contributed by atoms with Crippen molar-refractivity contribution < 1.29 is 4.79 Å². The van der Waals surface area contributed by atoms with Crippen molar-refractivity contribution in [2.75, 3.05) is 5.32 Å². The van der Waals surface area contributed by atoms with Crippen LogP contribution in [0.2, 0.25) is 0 Å². The van der Waals surface area contributed by atoms with Crippen molar-refractivity contribution in [3.8, 4) is 0 Å². The summed E-state index contributed by atoms with van der Waals surface area (Å²) in [6, 6.07) is -0.193. The fourth-order valence-electron chi connectivity index (χ4n) is 3.10. The van der Waals surface area contributed by atoms with Gasteiger partial charge in [-0.15, -0.1) is 0 Å². The van der Waals surface area contributed by atoms with Crippen molar-refractivity contribution >= 4 is 22.6 Å². The summed E-state index contributed by atoms with van der Waals surface area (Å²) in [5.74, 6) is -0.118. The fourth-order valence-corrected chi connectivity index (χ4v) is 3.10. The maximum absolute atomic E-state index is 12.7. The van der Waals surface area contributed by atoms with E-state index in [1.165, 1.54) is 0 Å². The minimum absolute atomic E-state index is 0.118. The van der Waals surface area contributed by atoms with Crippen LogP contribution < -0.4 is 5.32 Å². The molecule has 0 spiro atoms. The van der Waals surface area contributed by atoms with Gasteiger partial charge in [0.05, 0.1) is 29.0 Å². The maximum Gasteiger partial charge on any atom is 0.249 e. The first kappa shape index (κ1) is 17.2. The molecule has 3 aromatic rings. The van der Waals surface area contributed by atoms with Crippen LogP contribution >= 0.6 is 0 Å². The van der Waals surface area contributed by atoms with Crippen molar-refractivity contribution in [2.24, 2.45) is 7.05 Å².